The first-order valence-electron chi connectivity index (χ1n) is 8.73. The molecule has 0 radical (unpaired) electrons. The van der Waals surface area contributed by atoms with Crippen LogP contribution in [0.1, 0.15) is 18.4 Å². The summed E-state index contributed by atoms with van der Waals surface area (Å²) in [7, 11) is -3.44. The SMILES string of the molecule is O=C(Nc1ccc(Cl)c(Cl)c1)C1CCN(S(=O)(=O)Cc2ccc(Cl)cc2)CC1. The Hall–Kier alpha value is -1.31. The van der Waals surface area contributed by atoms with Crippen molar-refractivity contribution < 1.29 is 13.2 Å². The van der Waals surface area contributed by atoms with E-state index < -0.39 is 10.0 Å². The summed E-state index contributed by atoms with van der Waals surface area (Å²) in [6.45, 7) is 0.630. The molecular weight excluding hydrogens is 443 g/mol. The van der Waals surface area contributed by atoms with E-state index in [1.165, 1.54) is 4.31 Å². The Balaban J connectivity index is 1.56. The number of nitrogens with one attached hydrogen (secondary N) is 1. The lowest BCUT2D eigenvalue weighted by atomic mass is 9.97. The van der Waals surface area contributed by atoms with Crippen LogP contribution in [-0.4, -0.2) is 31.7 Å². The fourth-order valence-electron chi connectivity index (χ4n) is 3.10. The minimum Gasteiger partial charge on any atom is -0.326 e. The van der Waals surface area contributed by atoms with Crippen molar-refractivity contribution in [3.05, 3.63) is 63.1 Å². The third-order valence-electron chi connectivity index (χ3n) is 4.67. The fraction of sp³-hybridized carbons (Fsp3) is 0.316. The summed E-state index contributed by atoms with van der Waals surface area (Å²) in [6, 6.07) is 11.6. The number of sulfonamides is 1. The molecule has 0 saturated carbocycles. The van der Waals surface area contributed by atoms with Gasteiger partial charge in [0.1, 0.15) is 0 Å². The lowest BCUT2D eigenvalue weighted by Crippen LogP contribution is -2.41. The van der Waals surface area contributed by atoms with Gasteiger partial charge in [-0.05, 0) is 48.7 Å². The quantitative estimate of drug-likeness (QED) is 0.693. The molecule has 1 N–H and O–H groups in total. The number of halogens is 3. The summed E-state index contributed by atoms with van der Waals surface area (Å²) in [5, 5.41) is 4.16. The van der Waals surface area contributed by atoms with Crippen LogP contribution in [0, 0.1) is 5.92 Å². The zero-order valence-electron chi connectivity index (χ0n) is 14.9. The van der Waals surface area contributed by atoms with E-state index in [4.69, 9.17) is 34.8 Å². The molecule has 28 heavy (non-hydrogen) atoms. The van der Waals surface area contributed by atoms with Crippen molar-refractivity contribution in [1.29, 1.82) is 0 Å². The number of carbonyl (C=O) groups is 1. The Morgan fingerprint density at radius 1 is 1.00 bits per heavy atom. The van der Waals surface area contributed by atoms with E-state index in [1.807, 2.05) is 0 Å². The lowest BCUT2D eigenvalue weighted by molar-refractivity contribution is -0.120. The summed E-state index contributed by atoms with van der Waals surface area (Å²) < 4.78 is 26.7. The largest absolute Gasteiger partial charge is 0.326 e. The van der Waals surface area contributed by atoms with Crippen molar-refractivity contribution in [3.63, 3.8) is 0 Å². The summed E-state index contributed by atoms with van der Waals surface area (Å²) in [5.41, 5.74) is 1.25. The molecule has 0 aliphatic carbocycles. The number of carbonyl (C=O) groups excluding carboxylic acids is 1. The first kappa shape index (κ1) is 21.4. The van der Waals surface area contributed by atoms with Gasteiger partial charge in [-0.1, -0.05) is 46.9 Å². The van der Waals surface area contributed by atoms with Crippen LogP contribution in [-0.2, 0) is 20.6 Å². The number of piperidine rings is 1. The van der Waals surface area contributed by atoms with Crippen LogP contribution in [0.3, 0.4) is 0 Å². The molecule has 2 aromatic rings. The molecule has 5 nitrogen and oxygen atoms in total. The van der Waals surface area contributed by atoms with Crippen molar-refractivity contribution in [2.45, 2.75) is 18.6 Å². The summed E-state index contributed by atoms with van der Waals surface area (Å²) in [5.74, 6) is -0.478. The van der Waals surface area contributed by atoms with E-state index in [0.717, 1.165) is 0 Å². The predicted molar refractivity (Wildman–Crippen MR) is 113 cm³/mol. The molecule has 3 rings (SSSR count). The topological polar surface area (TPSA) is 66.5 Å². The van der Waals surface area contributed by atoms with Gasteiger partial charge in [0.2, 0.25) is 15.9 Å². The Labute approximate surface area is 179 Å². The third kappa shape index (κ3) is 5.39. The van der Waals surface area contributed by atoms with Crippen LogP contribution < -0.4 is 5.32 Å². The van der Waals surface area contributed by atoms with Crippen LogP contribution >= 0.6 is 34.8 Å². The molecule has 1 saturated heterocycles. The smallest absolute Gasteiger partial charge is 0.227 e. The average Bonchev–Trinajstić information content (AvgIpc) is 2.66. The zero-order chi connectivity index (χ0) is 20.3. The fourth-order valence-corrected chi connectivity index (χ4v) is 5.08. The van der Waals surface area contributed by atoms with Crippen LogP contribution in [0.15, 0.2) is 42.5 Å². The highest BCUT2D eigenvalue weighted by Crippen LogP contribution is 2.27. The molecule has 2 aromatic carbocycles. The first-order chi connectivity index (χ1) is 13.2. The Bertz CT molecular complexity index is 957. The minimum atomic E-state index is -3.44. The number of hydrogen-bond donors (Lipinski definition) is 1. The van der Waals surface area contributed by atoms with E-state index in [0.29, 0.717) is 52.2 Å². The van der Waals surface area contributed by atoms with Crippen molar-refractivity contribution in [2.24, 2.45) is 5.92 Å². The molecule has 1 aliphatic heterocycles. The average molecular weight is 462 g/mol. The second-order valence-corrected chi connectivity index (χ2v) is 9.89. The predicted octanol–water partition coefficient (Wildman–Crippen LogP) is 4.83. The summed E-state index contributed by atoms with van der Waals surface area (Å²) >= 11 is 17.7. The maximum atomic E-state index is 12.6. The van der Waals surface area contributed by atoms with Gasteiger partial charge in [-0.3, -0.25) is 4.79 Å². The molecule has 9 heteroatoms. The maximum absolute atomic E-state index is 12.6. The van der Waals surface area contributed by atoms with E-state index in [9.17, 15) is 13.2 Å². The lowest BCUT2D eigenvalue weighted by Gasteiger charge is -2.30. The van der Waals surface area contributed by atoms with Gasteiger partial charge in [0.05, 0.1) is 15.8 Å². The molecule has 1 heterocycles. The van der Waals surface area contributed by atoms with Gasteiger partial charge in [-0.15, -0.1) is 0 Å². The van der Waals surface area contributed by atoms with Gasteiger partial charge < -0.3 is 5.32 Å². The molecular formula is C19H19Cl3N2O3S. The van der Waals surface area contributed by atoms with Crippen molar-refractivity contribution >= 4 is 56.4 Å². The second kappa shape index (κ2) is 9.01. The normalized spacial score (nSPS) is 16.1. The number of rotatable bonds is 5. The van der Waals surface area contributed by atoms with E-state index in [1.54, 1.807) is 42.5 Å². The van der Waals surface area contributed by atoms with Gasteiger partial charge in [-0.2, -0.15) is 0 Å². The minimum absolute atomic E-state index is 0.0791. The van der Waals surface area contributed by atoms with Gasteiger partial charge in [0, 0.05) is 29.7 Å². The summed E-state index contributed by atoms with van der Waals surface area (Å²) in [6.07, 6.45) is 0.931. The number of benzene rings is 2. The van der Waals surface area contributed by atoms with E-state index in [2.05, 4.69) is 5.32 Å². The number of hydrogen-bond acceptors (Lipinski definition) is 3. The Kier molecular flexibility index (Phi) is 6.89. The maximum Gasteiger partial charge on any atom is 0.227 e. The van der Waals surface area contributed by atoms with Gasteiger partial charge in [-0.25, -0.2) is 12.7 Å². The number of anilines is 1. The summed E-state index contributed by atoms with van der Waals surface area (Å²) in [4.78, 5) is 12.5. The molecule has 0 spiro atoms. The van der Waals surface area contributed by atoms with Gasteiger partial charge in [0.25, 0.3) is 0 Å². The van der Waals surface area contributed by atoms with Crippen molar-refractivity contribution in [1.82, 2.24) is 4.31 Å². The molecule has 150 valence electrons. The van der Waals surface area contributed by atoms with Gasteiger partial charge >= 0.3 is 0 Å². The highest BCUT2D eigenvalue weighted by molar-refractivity contribution is 7.88. The Morgan fingerprint density at radius 2 is 1.64 bits per heavy atom. The van der Waals surface area contributed by atoms with E-state index in [-0.39, 0.29) is 17.6 Å². The van der Waals surface area contributed by atoms with Crippen molar-refractivity contribution in [2.75, 3.05) is 18.4 Å². The monoisotopic (exact) mass is 460 g/mol. The molecule has 1 amide bonds. The van der Waals surface area contributed by atoms with E-state index >= 15 is 0 Å². The molecule has 0 unspecified atom stereocenters. The van der Waals surface area contributed by atoms with Crippen LogP contribution in [0.4, 0.5) is 5.69 Å². The number of nitrogens with zero attached hydrogens (tertiary/aromatic N) is 1. The van der Waals surface area contributed by atoms with Gasteiger partial charge in [0.15, 0.2) is 0 Å². The molecule has 1 aliphatic rings. The highest BCUT2D eigenvalue weighted by atomic mass is 35.5. The Morgan fingerprint density at radius 3 is 2.25 bits per heavy atom. The van der Waals surface area contributed by atoms with Crippen LogP contribution in [0.2, 0.25) is 15.1 Å². The molecule has 0 bridgehead atoms. The standard InChI is InChI=1S/C19H19Cl3N2O3S/c20-15-3-1-13(2-4-15)12-28(26,27)24-9-7-14(8-10-24)19(25)23-16-5-6-17(21)18(22)11-16/h1-6,11,14H,7-10,12H2,(H,23,25). The zero-order valence-corrected chi connectivity index (χ0v) is 18.0. The van der Waals surface area contributed by atoms with Crippen molar-refractivity contribution in [3.8, 4) is 0 Å². The first-order valence-corrected chi connectivity index (χ1v) is 11.5. The second-order valence-electron chi connectivity index (χ2n) is 6.67. The molecule has 0 atom stereocenters. The molecule has 1 fully saturated rings. The van der Waals surface area contributed by atoms with Crippen LogP contribution in [0.25, 0.3) is 0 Å². The number of amides is 1. The third-order valence-corrected chi connectivity index (χ3v) is 7.51. The van der Waals surface area contributed by atoms with Crippen LogP contribution in [0.5, 0.6) is 0 Å². The highest BCUT2D eigenvalue weighted by Gasteiger charge is 2.31. The molecule has 0 aromatic heterocycles.